The summed E-state index contributed by atoms with van der Waals surface area (Å²) < 4.78 is 16.1. The van der Waals surface area contributed by atoms with Gasteiger partial charge in [-0.2, -0.15) is 4.98 Å². The summed E-state index contributed by atoms with van der Waals surface area (Å²) in [6.07, 6.45) is 0. The van der Waals surface area contributed by atoms with E-state index in [2.05, 4.69) is 15.2 Å². The van der Waals surface area contributed by atoms with Gasteiger partial charge < -0.3 is 29.3 Å². The van der Waals surface area contributed by atoms with Crippen molar-refractivity contribution in [1.82, 2.24) is 14.9 Å². The van der Waals surface area contributed by atoms with Crippen LogP contribution in [0.25, 0.3) is 0 Å². The quantitative estimate of drug-likeness (QED) is 0.569. The van der Waals surface area contributed by atoms with Crippen LogP contribution in [0, 0.1) is 6.92 Å². The van der Waals surface area contributed by atoms with Gasteiger partial charge in [-0.25, -0.2) is 4.98 Å². The fourth-order valence-electron chi connectivity index (χ4n) is 3.92. The monoisotopic (exact) mass is 463 g/mol. The zero-order chi connectivity index (χ0) is 24.1. The second kappa shape index (κ2) is 10.3. The maximum absolute atomic E-state index is 13.2. The topological polar surface area (TPSA) is 89.1 Å². The summed E-state index contributed by atoms with van der Waals surface area (Å²) in [6.45, 7) is 4.31. The number of ether oxygens (including phenoxy) is 3. The van der Waals surface area contributed by atoms with Gasteiger partial charge in [0.15, 0.2) is 11.5 Å². The summed E-state index contributed by atoms with van der Waals surface area (Å²) in [7, 11) is 4.61. The van der Waals surface area contributed by atoms with Crippen molar-refractivity contribution < 1.29 is 19.0 Å². The van der Waals surface area contributed by atoms with Crippen LogP contribution in [0.3, 0.4) is 0 Å². The molecule has 1 aliphatic rings. The first-order chi connectivity index (χ1) is 16.5. The van der Waals surface area contributed by atoms with E-state index in [0.717, 1.165) is 17.2 Å². The Bertz CT molecular complexity index is 1120. The SMILES string of the molecule is COc1cc(C(=O)N2CCN(c3nc(C)cc(Nc4ccccc4)n3)CC2)cc(OC)c1OC. The fraction of sp³-hybridized carbons (Fsp3) is 0.320. The minimum Gasteiger partial charge on any atom is -0.493 e. The number of amides is 1. The molecule has 9 heteroatoms. The Morgan fingerprint density at radius 2 is 1.53 bits per heavy atom. The number of carbonyl (C=O) groups is 1. The van der Waals surface area contributed by atoms with E-state index in [1.54, 1.807) is 12.1 Å². The molecule has 2 heterocycles. The molecule has 34 heavy (non-hydrogen) atoms. The highest BCUT2D eigenvalue weighted by molar-refractivity contribution is 5.95. The summed E-state index contributed by atoms with van der Waals surface area (Å²) in [5.74, 6) is 2.67. The predicted octanol–water partition coefficient (Wildman–Crippen LogP) is 3.52. The van der Waals surface area contributed by atoms with Crippen LogP contribution in [0.5, 0.6) is 17.2 Å². The number of hydrogen-bond donors (Lipinski definition) is 1. The van der Waals surface area contributed by atoms with Crippen molar-refractivity contribution in [3.63, 3.8) is 0 Å². The van der Waals surface area contributed by atoms with E-state index in [0.29, 0.717) is 54.9 Å². The second-order valence-electron chi connectivity index (χ2n) is 7.88. The van der Waals surface area contributed by atoms with Crippen molar-refractivity contribution in [2.24, 2.45) is 0 Å². The summed E-state index contributed by atoms with van der Waals surface area (Å²) in [6, 6.07) is 15.2. The molecule has 0 atom stereocenters. The molecule has 0 aliphatic carbocycles. The van der Waals surface area contributed by atoms with Crippen molar-refractivity contribution in [2.75, 3.05) is 57.7 Å². The highest BCUT2D eigenvalue weighted by Crippen LogP contribution is 2.38. The molecule has 2 aromatic carbocycles. The van der Waals surface area contributed by atoms with E-state index in [9.17, 15) is 4.79 Å². The molecule has 178 valence electrons. The van der Waals surface area contributed by atoms with E-state index < -0.39 is 0 Å². The zero-order valence-electron chi connectivity index (χ0n) is 19.9. The van der Waals surface area contributed by atoms with Gasteiger partial charge >= 0.3 is 0 Å². The van der Waals surface area contributed by atoms with Gasteiger partial charge in [0.25, 0.3) is 5.91 Å². The van der Waals surface area contributed by atoms with Gasteiger partial charge in [-0.1, -0.05) is 18.2 Å². The summed E-state index contributed by atoms with van der Waals surface area (Å²) in [4.78, 5) is 26.4. The van der Waals surface area contributed by atoms with Crippen LogP contribution >= 0.6 is 0 Å². The number of para-hydroxylation sites is 1. The van der Waals surface area contributed by atoms with Crippen molar-refractivity contribution in [3.8, 4) is 17.2 Å². The molecule has 0 unspecified atom stereocenters. The van der Waals surface area contributed by atoms with Crippen molar-refractivity contribution in [2.45, 2.75) is 6.92 Å². The standard InChI is InChI=1S/C25H29N5O4/c1-17-14-22(27-19-8-6-5-7-9-19)28-25(26-17)30-12-10-29(11-13-30)24(31)18-15-20(32-2)23(34-4)21(16-18)33-3/h5-9,14-16H,10-13H2,1-4H3,(H,26,27,28). The number of methoxy groups -OCH3 is 3. The molecule has 4 rings (SSSR count). The molecule has 0 saturated carbocycles. The van der Waals surface area contributed by atoms with E-state index in [1.807, 2.05) is 48.2 Å². The van der Waals surface area contributed by atoms with Crippen LogP contribution in [-0.2, 0) is 0 Å². The first-order valence-corrected chi connectivity index (χ1v) is 11.0. The van der Waals surface area contributed by atoms with Crippen molar-refractivity contribution in [3.05, 3.63) is 59.8 Å². The Hall–Kier alpha value is -4.01. The van der Waals surface area contributed by atoms with Crippen LogP contribution in [-0.4, -0.2) is 68.3 Å². The average Bonchev–Trinajstić information content (AvgIpc) is 2.87. The third-order valence-corrected chi connectivity index (χ3v) is 5.65. The third kappa shape index (κ3) is 4.98. The molecule has 0 radical (unpaired) electrons. The molecule has 1 N–H and O–H groups in total. The minimum atomic E-state index is -0.0875. The molecular weight excluding hydrogens is 434 g/mol. The number of aryl methyl sites for hydroxylation is 1. The third-order valence-electron chi connectivity index (χ3n) is 5.65. The van der Waals surface area contributed by atoms with Gasteiger partial charge in [-0.3, -0.25) is 4.79 Å². The maximum atomic E-state index is 13.2. The molecular formula is C25H29N5O4. The number of nitrogens with one attached hydrogen (secondary N) is 1. The Morgan fingerprint density at radius 1 is 0.882 bits per heavy atom. The second-order valence-corrected chi connectivity index (χ2v) is 7.88. The Morgan fingerprint density at radius 3 is 2.12 bits per heavy atom. The molecule has 1 aliphatic heterocycles. The normalized spacial score (nSPS) is 13.4. The number of piperazine rings is 1. The summed E-state index contributed by atoms with van der Waals surface area (Å²) >= 11 is 0. The maximum Gasteiger partial charge on any atom is 0.254 e. The highest BCUT2D eigenvalue weighted by atomic mass is 16.5. The molecule has 1 fully saturated rings. The first kappa shape index (κ1) is 23.2. The lowest BCUT2D eigenvalue weighted by molar-refractivity contribution is 0.0745. The van der Waals surface area contributed by atoms with E-state index >= 15 is 0 Å². The molecule has 9 nitrogen and oxygen atoms in total. The molecule has 1 saturated heterocycles. The summed E-state index contributed by atoms with van der Waals surface area (Å²) in [5, 5.41) is 3.33. The Labute approximate surface area is 199 Å². The van der Waals surface area contributed by atoms with Crippen LogP contribution in [0.2, 0.25) is 0 Å². The smallest absolute Gasteiger partial charge is 0.254 e. The lowest BCUT2D eigenvalue weighted by atomic mass is 10.1. The largest absolute Gasteiger partial charge is 0.493 e. The number of hydrogen-bond acceptors (Lipinski definition) is 8. The number of carbonyl (C=O) groups excluding carboxylic acids is 1. The van der Waals surface area contributed by atoms with Gasteiger partial charge in [0.2, 0.25) is 11.7 Å². The lowest BCUT2D eigenvalue weighted by Crippen LogP contribution is -2.49. The summed E-state index contributed by atoms with van der Waals surface area (Å²) in [5.41, 5.74) is 2.33. The van der Waals surface area contributed by atoms with E-state index in [-0.39, 0.29) is 5.91 Å². The molecule has 3 aromatic rings. The van der Waals surface area contributed by atoms with Gasteiger partial charge in [-0.15, -0.1) is 0 Å². The number of anilines is 3. The highest BCUT2D eigenvalue weighted by Gasteiger charge is 2.26. The average molecular weight is 464 g/mol. The number of rotatable bonds is 7. The number of benzene rings is 2. The van der Waals surface area contributed by atoms with E-state index in [1.165, 1.54) is 21.3 Å². The first-order valence-electron chi connectivity index (χ1n) is 11.0. The van der Waals surface area contributed by atoms with Crippen LogP contribution in [0.4, 0.5) is 17.5 Å². The Kier molecular flexibility index (Phi) is 7.01. The predicted molar refractivity (Wildman–Crippen MR) is 131 cm³/mol. The van der Waals surface area contributed by atoms with Crippen LogP contribution in [0.1, 0.15) is 16.1 Å². The molecule has 1 amide bonds. The molecule has 0 spiro atoms. The minimum absolute atomic E-state index is 0.0875. The van der Waals surface area contributed by atoms with Gasteiger partial charge in [0.05, 0.1) is 21.3 Å². The number of aromatic nitrogens is 2. The van der Waals surface area contributed by atoms with Crippen LogP contribution < -0.4 is 24.4 Å². The zero-order valence-corrected chi connectivity index (χ0v) is 19.9. The van der Waals surface area contributed by atoms with Crippen molar-refractivity contribution >= 4 is 23.4 Å². The van der Waals surface area contributed by atoms with E-state index in [4.69, 9.17) is 19.2 Å². The Balaban J connectivity index is 1.46. The van der Waals surface area contributed by atoms with Gasteiger partial charge in [-0.05, 0) is 31.2 Å². The molecule has 1 aromatic heterocycles. The van der Waals surface area contributed by atoms with Crippen LogP contribution in [0.15, 0.2) is 48.5 Å². The van der Waals surface area contributed by atoms with Gasteiger partial charge in [0.1, 0.15) is 5.82 Å². The fourth-order valence-corrected chi connectivity index (χ4v) is 3.92. The van der Waals surface area contributed by atoms with Gasteiger partial charge in [0, 0.05) is 49.2 Å². The number of nitrogens with zero attached hydrogens (tertiary/aromatic N) is 4. The lowest BCUT2D eigenvalue weighted by Gasteiger charge is -2.35. The molecule has 0 bridgehead atoms. The van der Waals surface area contributed by atoms with Crippen molar-refractivity contribution in [1.29, 1.82) is 0 Å².